The van der Waals surface area contributed by atoms with Crippen LogP contribution in [-0.2, 0) is 29.7 Å². The van der Waals surface area contributed by atoms with E-state index >= 15 is 0 Å². The number of nitrogens with two attached hydrogens (primary N) is 1. The van der Waals surface area contributed by atoms with Crippen LogP contribution in [0, 0.1) is 18.3 Å². The van der Waals surface area contributed by atoms with Crippen molar-refractivity contribution in [2.24, 2.45) is 0 Å². The summed E-state index contributed by atoms with van der Waals surface area (Å²) in [5.74, 6) is 0.506. The van der Waals surface area contributed by atoms with Crippen LogP contribution in [0.5, 0.6) is 0 Å². The van der Waals surface area contributed by atoms with Gasteiger partial charge in [-0.15, -0.1) is 11.3 Å². The van der Waals surface area contributed by atoms with Crippen molar-refractivity contribution < 1.29 is 21.6 Å². The first kappa shape index (κ1) is 34.3. The molecule has 48 heavy (non-hydrogen) atoms. The third-order valence-corrected chi connectivity index (χ3v) is 11.9. The first-order chi connectivity index (χ1) is 22.8. The highest BCUT2D eigenvalue weighted by Gasteiger charge is 2.30. The number of nitriles is 1. The minimum Gasteiger partial charge on any atom is -0.368 e. The van der Waals surface area contributed by atoms with Gasteiger partial charge in [-0.2, -0.15) is 36.1 Å². The molecule has 1 aromatic carbocycles. The van der Waals surface area contributed by atoms with Gasteiger partial charge in [-0.1, -0.05) is 6.07 Å². The molecule has 2 aliphatic rings. The second-order valence-corrected chi connectivity index (χ2v) is 15.4. The van der Waals surface area contributed by atoms with E-state index in [2.05, 4.69) is 59.5 Å². The highest BCUT2D eigenvalue weighted by atomic mass is 32.2. The van der Waals surface area contributed by atoms with E-state index in [9.17, 15) is 26.9 Å². The number of benzene rings is 1. The summed E-state index contributed by atoms with van der Waals surface area (Å²) in [5.41, 5.74) is 9.83. The Hall–Kier alpha value is -3.53. The number of thiophene rings is 1. The minimum atomic E-state index is -4.30. The number of alkyl halides is 3. The van der Waals surface area contributed by atoms with Gasteiger partial charge in [-0.3, -0.25) is 9.80 Å². The molecule has 3 aromatic heterocycles. The van der Waals surface area contributed by atoms with Gasteiger partial charge >= 0.3 is 6.18 Å². The zero-order valence-electron chi connectivity index (χ0n) is 26.8. The Morgan fingerprint density at radius 2 is 1.77 bits per heavy atom. The fourth-order valence-electron chi connectivity index (χ4n) is 6.64. The number of hydrogen-bond acceptors (Lipinski definition) is 10. The van der Waals surface area contributed by atoms with Gasteiger partial charge in [0.2, 0.25) is 5.95 Å². The second-order valence-electron chi connectivity index (χ2n) is 12.4. The van der Waals surface area contributed by atoms with E-state index in [4.69, 9.17) is 5.73 Å². The first-order valence-corrected chi connectivity index (χ1v) is 18.1. The number of anilines is 2. The van der Waals surface area contributed by atoms with Crippen LogP contribution in [0.3, 0.4) is 0 Å². The van der Waals surface area contributed by atoms with Crippen LogP contribution in [0.15, 0.2) is 24.3 Å². The topological polar surface area (TPSA) is 148 Å². The summed E-state index contributed by atoms with van der Waals surface area (Å²) in [5, 5.41) is 15.0. The predicted molar refractivity (Wildman–Crippen MR) is 181 cm³/mol. The molecule has 2 fully saturated rings. The van der Waals surface area contributed by atoms with Gasteiger partial charge in [-0.25, -0.2) is 9.71 Å². The molecule has 4 aromatic rings. The predicted octanol–water partition coefficient (Wildman–Crippen LogP) is 3.67. The summed E-state index contributed by atoms with van der Waals surface area (Å²) in [4.78, 5) is 13.7. The summed E-state index contributed by atoms with van der Waals surface area (Å²) in [7, 11) is -2.01. The first-order valence-electron chi connectivity index (χ1n) is 15.9. The molecule has 0 aliphatic carbocycles. The Labute approximate surface area is 281 Å². The number of fused-ring (bicyclic) bond motifs is 2. The molecule has 4 N–H and O–H groups in total. The van der Waals surface area contributed by atoms with Gasteiger partial charge in [0.25, 0.3) is 10.2 Å². The molecule has 0 saturated carbocycles. The summed E-state index contributed by atoms with van der Waals surface area (Å²) in [6.07, 6.45) is -3.65. The number of aryl methyl sites for hydroxylation is 1. The number of piperidine rings is 1. The number of rotatable bonds is 10. The molecule has 0 radical (unpaired) electrons. The fraction of sp³-hybridized carbons (Fsp3) is 0.516. The van der Waals surface area contributed by atoms with E-state index in [-0.39, 0.29) is 16.9 Å². The monoisotopic (exact) mass is 704 g/mol. The Bertz CT molecular complexity index is 1940. The molecule has 2 saturated heterocycles. The van der Waals surface area contributed by atoms with E-state index in [1.54, 1.807) is 0 Å². The molecule has 258 valence electrons. The van der Waals surface area contributed by atoms with Crippen molar-refractivity contribution in [3.63, 3.8) is 0 Å². The average molecular weight is 705 g/mol. The normalized spacial score (nSPS) is 17.8. The minimum absolute atomic E-state index is 0.0303. The lowest BCUT2D eigenvalue weighted by molar-refractivity contribution is -0.126. The molecular weight excluding hydrogens is 666 g/mol. The maximum absolute atomic E-state index is 13.0. The highest BCUT2D eigenvalue weighted by molar-refractivity contribution is 7.87. The lowest BCUT2D eigenvalue weighted by Crippen LogP contribution is -2.51. The van der Waals surface area contributed by atoms with Gasteiger partial charge in [0.1, 0.15) is 22.4 Å². The largest absolute Gasteiger partial charge is 0.393 e. The van der Waals surface area contributed by atoms with Crippen LogP contribution in [0.4, 0.5) is 24.9 Å². The lowest BCUT2D eigenvalue weighted by atomic mass is 10.0. The maximum atomic E-state index is 13.0. The van der Waals surface area contributed by atoms with Crippen molar-refractivity contribution in [1.29, 1.82) is 5.26 Å². The Morgan fingerprint density at radius 3 is 2.44 bits per heavy atom. The summed E-state index contributed by atoms with van der Waals surface area (Å²) in [6, 6.07) is 10.1. The quantitative estimate of drug-likeness (QED) is 0.225. The van der Waals surface area contributed by atoms with Gasteiger partial charge in [0, 0.05) is 87.8 Å². The summed E-state index contributed by atoms with van der Waals surface area (Å²) >= 11 is 0.990. The molecule has 6 rings (SSSR count). The lowest BCUT2D eigenvalue weighted by Gasteiger charge is -2.33. The molecule has 0 amide bonds. The van der Waals surface area contributed by atoms with Gasteiger partial charge in [0.05, 0.1) is 11.8 Å². The van der Waals surface area contributed by atoms with Crippen LogP contribution in [0.25, 0.3) is 21.1 Å². The highest BCUT2D eigenvalue weighted by Crippen LogP contribution is 2.34. The molecule has 5 heterocycles. The average Bonchev–Trinajstić information content (AvgIpc) is 3.62. The van der Waals surface area contributed by atoms with Crippen molar-refractivity contribution in [2.45, 2.75) is 51.5 Å². The van der Waals surface area contributed by atoms with Gasteiger partial charge < -0.3 is 15.6 Å². The van der Waals surface area contributed by atoms with Crippen molar-refractivity contribution in [2.75, 3.05) is 63.9 Å². The SMILES string of the molecule is CNS(=O)(=O)N1CCN(CCn2c(C#N)cc3c(C)c(CN4CCC(Nc5nc(N)nc6sc(CC(F)(F)F)cc56)CC4)ccc32)CC1. The number of hydrogen-bond donors (Lipinski definition) is 3. The summed E-state index contributed by atoms with van der Waals surface area (Å²) in [6.45, 7) is 7.97. The van der Waals surface area contributed by atoms with Gasteiger partial charge in [-0.05, 0) is 49.1 Å². The number of halogens is 3. The number of nitrogens with zero attached hydrogens (tertiary/aromatic N) is 7. The molecular formula is C31H39F3N10O2S2. The van der Waals surface area contributed by atoms with Crippen molar-refractivity contribution in [3.05, 3.63) is 46.0 Å². The Morgan fingerprint density at radius 1 is 1.04 bits per heavy atom. The third kappa shape index (κ3) is 7.53. The van der Waals surface area contributed by atoms with Gasteiger partial charge in [0.15, 0.2) is 0 Å². The Kier molecular flexibility index (Phi) is 9.85. The van der Waals surface area contributed by atoms with Crippen molar-refractivity contribution >= 4 is 54.4 Å². The van der Waals surface area contributed by atoms with Crippen LogP contribution < -0.4 is 15.8 Å². The zero-order valence-corrected chi connectivity index (χ0v) is 28.5. The Balaban J connectivity index is 1.07. The van der Waals surface area contributed by atoms with E-state index in [1.165, 1.54) is 23.0 Å². The van der Waals surface area contributed by atoms with E-state index in [0.717, 1.165) is 60.3 Å². The molecule has 2 aliphatic heterocycles. The van der Waals surface area contributed by atoms with E-state index in [0.29, 0.717) is 61.0 Å². The standard InChI is InChI=1S/C31H39F3N10O2S2/c1-20-21(3-4-27-25(20)15-23(18-35)44(27)14-11-41-9-12-43(13-10-41)48(45,46)37-2)19-42-7-5-22(6-8-42)38-28-26-16-24(17-31(32,33)34)47-29(26)40-30(36)39-28/h3-4,15-16,22,37H,5-14,17,19H2,1-2H3,(H3,36,38,39,40). The number of aromatic nitrogens is 3. The zero-order chi connectivity index (χ0) is 34.2. The van der Waals surface area contributed by atoms with E-state index in [1.807, 2.05) is 6.07 Å². The number of nitrogen functional groups attached to an aromatic ring is 1. The molecule has 17 heteroatoms. The molecule has 0 atom stereocenters. The summed E-state index contributed by atoms with van der Waals surface area (Å²) < 4.78 is 69.0. The third-order valence-electron chi connectivity index (χ3n) is 9.31. The maximum Gasteiger partial charge on any atom is 0.393 e. The van der Waals surface area contributed by atoms with Crippen LogP contribution in [0.2, 0.25) is 0 Å². The number of nitrogens with one attached hydrogen (secondary N) is 2. The van der Waals surface area contributed by atoms with Crippen molar-refractivity contribution in [1.82, 2.24) is 33.4 Å². The van der Waals surface area contributed by atoms with Crippen LogP contribution in [0.1, 0.15) is 34.5 Å². The molecule has 0 unspecified atom stereocenters. The molecule has 0 bridgehead atoms. The second kappa shape index (κ2) is 13.8. The fourth-order valence-corrected chi connectivity index (χ4v) is 8.61. The molecule has 12 nitrogen and oxygen atoms in total. The number of likely N-dealkylation sites (tertiary alicyclic amines) is 1. The van der Waals surface area contributed by atoms with Crippen LogP contribution >= 0.6 is 11.3 Å². The van der Waals surface area contributed by atoms with Crippen molar-refractivity contribution in [3.8, 4) is 6.07 Å². The van der Waals surface area contributed by atoms with Crippen LogP contribution in [-0.4, -0.2) is 102 Å². The number of piperazine rings is 1. The van der Waals surface area contributed by atoms with E-state index < -0.39 is 22.8 Å². The smallest absolute Gasteiger partial charge is 0.368 e. The molecule has 0 spiro atoms.